The Balaban J connectivity index is 0.00000136. The zero-order valence-electron chi connectivity index (χ0n) is 16.6. The Kier molecular flexibility index (Phi) is 8.17. The first kappa shape index (κ1) is 22.5. The molecular weight excluding hydrogens is 393 g/mol. The quantitative estimate of drug-likeness (QED) is 0.588. The SMILES string of the molecule is C=CCCC1(C)CCN(c2cnc(-c3cccc(Cl)c3Cl)c(O)c2)CC1.CN. The molecule has 1 saturated heterocycles. The molecule has 1 fully saturated rings. The molecule has 0 aliphatic carbocycles. The van der Waals surface area contributed by atoms with Crippen molar-refractivity contribution < 1.29 is 5.11 Å². The summed E-state index contributed by atoms with van der Waals surface area (Å²) >= 11 is 12.3. The fourth-order valence-electron chi connectivity index (χ4n) is 3.51. The van der Waals surface area contributed by atoms with Gasteiger partial charge in [0.05, 0.1) is 21.9 Å². The Morgan fingerprint density at radius 3 is 2.57 bits per heavy atom. The zero-order chi connectivity index (χ0) is 20.7. The molecule has 0 unspecified atom stereocenters. The van der Waals surface area contributed by atoms with Gasteiger partial charge in [0.2, 0.25) is 0 Å². The van der Waals surface area contributed by atoms with Crippen LogP contribution in [-0.4, -0.2) is 30.2 Å². The lowest BCUT2D eigenvalue weighted by molar-refractivity contribution is 0.230. The highest BCUT2D eigenvalue weighted by atomic mass is 35.5. The number of nitrogens with zero attached hydrogens (tertiary/aromatic N) is 2. The van der Waals surface area contributed by atoms with E-state index >= 15 is 0 Å². The minimum atomic E-state index is 0.117. The van der Waals surface area contributed by atoms with Gasteiger partial charge in [0.1, 0.15) is 11.4 Å². The predicted octanol–water partition coefficient (Wildman–Crippen LogP) is 5.91. The molecule has 1 aromatic heterocycles. The van der Waals surface area contributed by atoms with Gasteiger partial charge in [-0.05, 0) is 44.2 Å². The Morgan fingerprint density at radius 1 is 1.29 bits per heavy atom. The van der Waals surface area contributed by atoms with Crippen molar-refractivity contribution in [2.24, 2.45) is 11.1 Å². The maximum absolute atomic E-state index is 10.5. The highest BCUT2D eigenvalue weighted by Crippen LogP contribution is 2.40. The molecule has 6 heteroatoms. The first-order valence-electron chi connectivity index (χ1n) is 9.50. The number of pyridine rings is 1. The van der Waals surface area contributed by atoms with Gasteiger partial charge >= 0.3 is 0 Å². The summed E-state index contributed by atoms with van der Waals surface area (Å²) in [6.07, 6.45) is 8.30. The molecule has 2 heterocycles. The van der Waals surface area contributed by atoms with Gasteiger partial charge < -0.3 is 15.7 Å². The van der Waals surface area contributed by atoms with E-state index in [2.05, 4.69) is 29.1 Å². The molecule has 152 valence electrons. The molecule has 1 aliphatic heterocycles. The van der Waals surface area contributed by atoms with Crippen molar-refractivity contribution in [3.8, 4) is 17.0 Å². The third-order valence-corrected chi connectivity index (χ3v) is 6.17. The van der Waals surface area contributed by atoms with E-state index in [0.29, 0.717) is 26.7 Å². The molecule has 0 radical (unpaired) electrons. The maximum atomic E-state index is 10.5. The number of aromatic hydroxyl groups is 1. The third kappa shape index (κ3) is 5.19. The molecule has 0 saturated carbocycles. The first-order chi connectivity index (χ1) is 13.4. The van der Waals surface area contributed by atoms with Gasteiger partial charge in [-0.1, -0.05) is 48.3 Å². The largest absolute Gasteiger partial charge is 0.506 e. The summed E-state index contributed by atoms with van der Waals surface area (Å²) in [5.41, 5.74) is 6.90. The van der Waals surface area contributed by atoms with E-state index in [9.17, 15) is 5.11 Å². The number of aromatic nitrogens is 1. The summed E-state index contributed by atoms with van der Waals surface area (Å²) in [5, 5.41) is 11.4. The van der Waals surface area contributed by atoms with Crippen molar-refractivity contribution in [2.45, 2.75) is 32.6 Å². The predicted molar refractivity (Wildman–Crippen MR) is 120 cm³/mol. The van der Waals surface area contributed by atoms with Crippen LogP contribution in [0.5, 0.6) is 5.75 Å². The van der Waals surface area contributed by atoms with E-state index in [4.69, 9.17) is 23.2 Å². The molecule has 28 heavy (non-hydrogen) atoms. The molecule has 3 rings (SSSR count). The Labute approximate surface area is 178 Å². The monoisotopic (exact) mass is 421 g/mol. The van der Waals surface area contributed by atoms with Crippen LogP contribution in [0.3, 0.4) is 0 Å². The van der Waals surface area contributed by atoms with Crippen molar-refractivity contribution in [3.05, 3.63) is 53.2 Å². The number of rotatable bonds is 5. The van der Waals surface area contributed by atoms with E-state index in [1.54, 1.807) is 24.4 Å². The first-order valence-corrected chi connectivity index (χ1v) is 10.3. The summed E-state index contributed by atoms with van der Waals surface area (Å²) in [5.74, 6) is 0.117. The van der Waals surface area contributed by atoms with Crippen LogP contribution in [-0.2, 0) is 0 Å². The summed E-state index contributed by atoms with van der Waals surface area (Å²) in [7, 11) is 1.50. The molecule has 0 amide bonds. The van der Waals surface area contributed by atoms with Gasteiger partial charge in [-0.25, -0.2) is 0 Å². The van der Waals surface area contributed by atoms with E-state index in [0.717, 1.165) is 38.0 Å². The molecule has 0 atom stereocenters. The average Bonchev–Trinajstić information content (AvgIpc) is 2.71. The van der Waals surface area contributed by atoms with E-state index in [-0.39, 0.29) is 5.75 Å². The zero-order valence-corrected chi connectivity index (χ0v) is 18.1. The number of nitrogens with two attached hydrogens (primary N) is 1. The maximum Gasteiger partial charge on any atom is 0.143 e. The van der Waals surface area contributed by atoms with Crippen LogP contribution in [0.25, 0.3) is 11.3 Å². The molecule has 0 bridgehead atoms. The molecule has 0 spiro atoms. The lowest BCUT2D eigenvalue weighted by Crippen LogP contribution is -2.38. The second kappa shape index (κ2) is 10.1. The van der Waals surface area contributed by atoms with Crippen molar-refractivity contribution in [3.63, 3.8) is 0 Å². The Morgan fingerprint density at radius 2 is 1.96 bits per heavy atom. The van der Waals surface area contributed by atoms with Gasteiger partial charge in [0.15, 0.2) is 0 Å². The highest BCUT2D eigenvalue weighted by molar-refractivity contribution is 6.43. The standard InChI is InChI=1S/C21H24Cl2N2O.CH5N/c1-3-4-8-21(2)9-11-25(12-10-21)15-13-18(26)20(24-14-15)16-6-5-7-17(22)19(16)23;1-2/h3,5-7,13-14,26H,1,4,8-12H2,2H3;2H2,1H3. The minimum absolute atomic E-state index is 0.117. The average molecular weight is 422 g/mol. The third-order valence-electron chi connectivity index (χ3n) is 5.35. The van der Waals surface area contributed by atoms with E-state index in [1.165, 1.54) is 13.5 Å². The number of piperidine rings is 1. The van der Waals surface area contributed by atoms with Gasteiger partial charge in [-0.2, -0.15) is 0 Å². The minimum Gasteiger partial charge on any atom is -0.506 e. The second-order valence-corrected chi connectivity index (χ2v) is 8.07. The Bertz CT molecular complexity index is 802. The number of hydrogen-bond donors (Lipinski definition) is 2. The van der Waals surface area contributed by atoms with Crippen molar-refractivity contribution in [1.82, 2.24) is 4.98 Å². The van der Waals surface area contributed by atoms with Crippen molar-refractivity contribution in [2.75, 3.05) is 25.0 Å². The van der Waals surface area contributed by atoms with Crippen LogP contribution in [0.1, 0.15) is 32.6 Å². The van der Waals surface area contributed by atoms with E-state index in [1.807, 2.05) is 12.1 Å². The Hall–Kier alpha value is -1.75. The topological polar surface area (TPSA) is 62.4 Å². The summed E-state index contributed by atoms with van der Waals surface area (Å²) < 4.78 is 0. The van der Waals surface area contributed by atoms with Gasteiger partial charge in [-0.3, -0.25) is 4.98 Å². The number of halogens is 2. The molecule has 3 N–H and O–H groups in total. The molecular formula is C22H29Cl2N3O. The van der Waals surface area contributed by atoms with Crippen LogP contribution in [0.4, 0.5) is 5.69 Å². The highest BCUT2D eigenvalue weighted by Gasteiger charge is 2.29. The lowest BCUT2D eigenvalue weighted by Gasteiger charge is -2.40. The van der Waals surface area contributed by atoms with Crippen LogP contribution < -0.4 is 10.6 Å². The fourth-order valence-corrected chi connectivity index (χ4v) is 3.90. The van der Waals surface area contributed by atoms with Crippen LogP contribution in [0.2, 0.25) is 10.0 Å². The van der Waals surface area contributed by atoms with Crippen LogP contribution >= 0.6 is 23.2 Å². The number of allylic oxidation sites excluding steroid dienone is 1. The summed E-state index contributed by atoms with van der Waals surface area (Å²) in [6, 6.07) is 7.09. The smallest absolute Gasteiger partial charge is 0.143 e. The van der Waals surface area contributed by atoms with E-state index < -0.39 is 0 Å². The second-order valence-electron chi connectivity index (χ2n) is 7.29. The normalized spacial score (nSPS) is 15.5. The fraction of sp³-hybridized carbons (Fsp3) is 0.409. The van der Waals surface area contributed by atoms with Gasteiger partial charge in [0.25, 0.3) is 0 Å². The molecule has 1 aliphatic rings. The molecule has 1 aromatic carbocycles. The number of hydrogen-bond acceptors (Lipinski definition) is 4. The summed E-state index contributed by atoms with van der Waals surface area (Å²) in [6.45, 7) is 8.11. The van der Waals surface area contributed by atoms with Gasteiger partial charge in [0, 0.05) is 24.7 Å². The lowest BCUT2D eigenvalue weighted by atomic mass is 9.76. The molecule has 4 nitrogen and oxygen atoms in total. The number of anilines is 1. The summed E-state index contributed by atoms with van der Waals surface area (Å²) in [4.78, 5) is 6.75. The van der Waals surface area contributed by atoms with Crippen molar-refractivity contribution >= 4 is 28.9 Å². The molecule has 2 aromatic rings. The van der Waals surface area contributed by atoms with Crippen molar-refractivity contribution in [1.29, 1.82) is 0 Å². The van der Waals surface area contributed by atoms with Gasteiger partial charge in [-0.15, -0.1) is 6.58 Å². The van der Waals surface area contributed by atoms with Crippen LogP contribution in [0, 0.1) is 5.41 Å². The number of benzene rings is 1. The van der Waals surface area contributed by atoms with Crippen LogP contribution in [0.15, 0.2) is 43.1 Å².